The Kier molecular flexibility index (Phi) is 6.37. The highest BCUT2D eigenvalue weighted by Crippen LogP contribution is 2.39. The zero-order chi connectivity index (χ0) is 24.6. The molecule has 34 heavy (non-hydrogen) atoms. The lowest BCUT2D eigenvalue weighted by atomic mass is 10.00. The molecule has 3 N–H and O–H groups in total. The maximum absolute atomic E-state index is 13.4. The first-order chi connectivity index (χ1) is 16.2. The van der Waals surface area contributed by atoms with Gasteiger partial charge in [-0.1, -0.05) is 32.0 Å². The molecule has 3 atom stereocenters. The molecule has 8 nitrogen and oxygen atoms in total. The van der Waals surface area contributed by atoms with Crippen LogP contribution in [0.5, 0.6) is 0 Å². The summed E-state index contributed by atoms with van der Waals surface area (Å²) < 4.78 is 13.2. The van der Waals surface area contributed by atoms with Gasteiger partial charge in [0.1, 0.15) is 23.9 Å². The van der Waals surface area contributed by atoms with E-state index in [-0.39, 0.29) is 17.9 Å². The van der Waals surface area contributed by atoms with Crippen LogP contribution in [0.25, 0.3) is 0 Å². The second-order valence-corrected chi connectivity index (χ2v) is 8.99. The fourth-order valence-electron chi connectivity index (χ4n) is 4.58. The quantitative estimate of drug-likeness (QED) is 0.602. The van der Waals surface area contributed by atoms with E-state index in [1.54, 1.807) is 13.8 Å². The molecule has 2 aliphatic heterocycles. The number of nitrogens with one attached hydrogen (secondary N) is 2. The minimum absolute atomic E-state index is 0.203. The van der Waals surface area contributed by atoms with Crippen LogP contribution < -0.4 is 15.5 Å². The third-order valence-corrected chi connectivity index (χ3v) is 6.35. The number of hydrogen-bond acceptors (Lipinski definition) is 4. The number of benzene rings is 2. The van der Waals surface area contributed by atoms with Gasteiger partial charge in [0.05, 0.1) is 5.69 Å². The van der Waals surface area contributed by atoms with Crippen molar-refractivity contribution in [3.05, 3.63) is 65.0 Å². The van der Waals surface area contributed by atoms with Crippen LogP contribution >= 0.6 is 0 Å². The molecule has 0 unspecified atom stereocenters. The first-order valence-corrected chi connectivity index (χ1v) is 11.2. The van der Waals surface area contributed by atoms with Crippen LogP contribution in [0.4, 0.5) is 10.1 Å². The molecule has 0 spiro atoms. The van der Waals surface area contributed by atoms with Crippen molar-refractivity contribution in [3.8, 4) is 0 Å². The molecular formula is C25H26FN3O5. The standard InChI is InChI=1S/C25H26FN3O5/c1-13(2)20(28-22(30)15-6-9-17(26)10-7-15)23(31)27-18-11-8-14-4-3-5-16-12-19(25(33)34)29(21(14)16)24(18)32/h3-7,9-10,13,18-20H,8,11-12H2,1-2H3,(H,27,31)(H,28,30)(H,33,34)/t18-,19-,20-/m0/s1. The third kappa shape index (κ3) is 4.37. The lowest BCUT2D eigenvalue weighted by molar-refractivity contribution is -0.140. The maximum Gasteiger partial charge on any atom is 0.327 e. The van der Waals surface area contributed by atoms with E-state index in [9.17, 15) is 28.7 Å². The van der Waals surface area contributed by atoms with Gasteiger partial charge in [0.25, 0.3) is 5.91 Å². The lowest BCUT2D eigenvalue weighted by Gasteiger charge is -2.28. The largest absolute Gasteiger partial charge is 0.480 e. The molecule has 2 aromatic carbocycles. The summed E-state index contributed by atoms with van der Waals surface area (Å²) >= 11 is 0. The topological polar surface area (TPSA) is 116 Å². The number of carbonyl (C=O) groups is 4. The van der Waals surface area contributed by atoms with Gasteiger partial charge in [-0.3, -0.25) is 19.3 Å². The molecule has 2 aliphatic rings. The van der Waals surface area contributed by atoms with Crippen LogP contribution in [0.3, 0.4) is 0 Å². The highest BCUT2D eigenvalue weighted by atomic mass is 19.1. The summed E-state index contributed by atoms with van der Waals surface area (Å²) in [6.45, 7) is 3.51. The molecule has 2 aromatic rings. The van der Waals surface area contributed by atoms with Crippen molar-refractivity contribution in [2.75, 3.05) is 4.90 Å². The predicted molar refractivity (Wildman–Crippen MR) is 122 cm³/mol. The van der Waals surface area contributed by atoms with Gasteiger partial charge in [0.15, 0.2) is 0 Å². The number of rotatable bonds is 6. The van der Waals surface area contributed by atoms with Gasteiger partial charge in [-0.25, -0.2) is 9.18 Å². The summed E-state index contributed by atoms with van der Waals surface area (Å²) in [6, 6.07) is 7.59. The van der Waals surface area contributed by atoms with Crippen LogP contribution in [0.15, 0.2) is 42.5 Å². The number of para-hydroxylation sites is 1. The van der Waals surface area contributed by atoms with E-state index in [0.717, 1.165) is 23.3 Å². The minimum Gasteiger partial charge on any atom is -0.480 e. The molecule has 178 valence electrons. The third-order valence-electron chi connectivity index (χ3n) is 6.35. The second kappa shape index (κ2) is 9.24. The number of carboxylic acid groups (broad SMARTS) is 1. The Hall–Kier alpha value is -3.75. The number of halogens is 1. The Bertz CT molecular complexity index is 1150. The first-order valence-electron chi connectivity index (χ1n) is 11.2. The van der Waals surface area contributed by atoms with Gasteiger partial charge < -0.3 is 15.7 Å². The Morgan fingerprint density at radius 1 is 1.09 bits per heavy atom. The van der Waals surface area contributed by atoms with Gasteiger partial charge in [0, 0.05) is 12.0 Å². The summed E-state index contributed by atoms with van der Waals surface area (Å²) in [5, 5.41) is 15.1. The molecular weight excluding hydrogens is 441 g/mol. The monoisotopic (exact) mass is 467 g/mol. The predicted octanol–water partition coefficient (Wildman–Crippen LogP) is 2.05. The van der Waals surface area contributed by atoms with E-state index in [4.69, 9.17) is 0 Å². The summed E-state index contributed by atoms with van der Waals surface area (Å²) in [6.07, 6.45) is 1.02. The molecule has 0 radical (unpaired) electrons. The molecule has 0 bridgehead atoms. The van der Waals surface area contributed by atoms with E-state index in [2.05, 4.69) is 10.6 Å². The Morgan fingerprint density at radius 2 is 1.76 bits per heavy atom. The van der Waals surface area contributed by atoms with Crippen molar-refractivity contribution in [2.24, 2.45) is 5.92 Å². The molecule has 9 heteroatoms. The highest BCUT2D eigenvalue weighted by Gasteiger charge is 2.44. The minimum atomic E-state index is -1.10. The van der Waals surface area contributed by atoms with Gasteiger partial charge in [0.2, 0.25) is 11.8 Å². The van der Waals surface area contributed by atoms with Gasteiger partial charge in [-0.15, -0.1) is 0 Å². The fourth-order valence-corrected chi connectivity index (χ4v) is 4.58. The Labute approximate surface area is 196 Å². The van der Waals surface area contributed by atoms with E-state index >= 15 is 0 Å². The molecule has 4 rings (SSSR count). The average Bonchev–Trinajstić information content (AvgIpc) is 3.14. The lowest BCUT2D eigenvalue weighted by Crippen LogP contribution is -2.57. The molecule has 0 aliphatic carbocycles. The SMILES string of the molecule is CC(C)[C@H](NC(=O)c1ccc(F)cc1)C(=O)N[C@H]1CCc2cccc3c2N(C1=O)[C@H](C(=O)O)C3. The van der Waals surface area contributed by atoms with Crippen molar-refractivity contribution in [2.45, 2.75) is 51.2 Å². The second-order valence-electron chi connectivity index (χ2n) is 8.99. The van der Waals surface area contributed by atoms with Crippen molar-refractivity contribution in [1.82, 2.24) is 10.6 Å². The normalized spacial score (nSPS) is 19.9. The zero-order valence-corrected chi connectivity index (χ0v) is 18.9. The number of anilines is 1. The fraction of sp³-hybridized carbons (Fsp3) is 0.360. The van der Waals surface area contributed by atoms with Crippen LogP contribution in [-0.2, 0) is 27.2 Å². The Balaban J connectivity index is 1.53. The van der Waals surface area contributed by atoms with Gasteiger partial charge in [-0.2, -0.15) is 0 Å². The molecule has 3 amide bonds. The molecule has 2 heterocycles. The zero-order valence-electron chi connectivity index (χ0n) is 18.9. The number of carbonyl (C=O) groups excluding carboxylic acids is 3. The first kappa shape index (κ1) is 23.4. The number of carboxylic acids is 1. The number of hydrogen-bond donors (Lipinski definition) is 3. The van der Waals surface area contributed by atoms with Crippen LogP contribution in [0, 0.1) is 11.7 Å². The Morgan fingerprint density at radius 3 is 2.41 bits per heavy atom. The maximum atomic E-state index is 13.4. The number of aliphatic carboxylic acids is 1. The average molecular weight is 467 g/mol. The van der Waals surface area contributed by atoms with Gasteiger partial charge in [-0.05, 0) is 54.2 Å². The number of nitrogens with zero attached hydrogens (tertiary/aromatic N) is 1. The highest BCUT2D eigenvalue weighted by molar-refractivity contribution is 6.07. The van der Waals surface area contributed by atoms with Crippen molar-refractivity contribution in [1.29, 1.82) is 0 Å². The van der Waals surface area contributed by atoms with Crippen molar-refractivity contribution >= 4 is 29.4 Å². The van der Waals surface area contributed by atoms with Crippen molar-refractivity contribution in [3.63, 3.8) is 0 Å². The number of amides is 3. The summed E-state index contributed by atoms with van der Waals surface area (Å²) in [5.74, 6) is -3.43. The molecule has 0 aromatic heterocycles. The van der Waals surface area contributed by atoms with Crippen LogP contribution in [0.1, 0.15) is 41.8 Å². The molecule has 0 saturated heterocycles. The summed E-state index contributed by atoms with van der Waals surface area (Å²) in [5.41, 5.74) is 2.50. The van der Waals surface area contributed by atoms with E-state index in [1.807, 2.05) is 18.2 Å². The van der Waals surface area contributed by atoms with Crippen LogP contribution in [0.2, 0.25) is 0 Å². The molecule has 0 saturated carbocycles. The summed E-state index contributed by atoms with van der Waals surface area (Å²) in [7, 11) is 0. The van der Waals surface area contributed by atoms with Crippen molar-refractivity contribution < 1.29 is 28.7 Å². The van der Waals surface area contributed by atoms with Gasteiger partial charge >= 0.3 is 5.97 Å². The summed E-state index contributed by atoms with van der Waals surface area (Å²) in [4.78, 5) is 52.4. The number of aryl methyl sites for hydroxylation is 1. The van der Waals surface area contributed by atoms with E-state index in [0.29, 0.717) is 18.5 Å². The van der Waals surface area contributed by atoms with E-state index in [1.165, 1.54) is 17.0 Å². The van der Waals surface area contributed by atoms with Crippen LogP contribution in [-0.4, -0.2) is 46.9 Å². The smallest absolute Gasteiger partial charge is 0.327 e. The molecule has 0 fully saturated rings. The van der Waals surface area contributed by atoms with E-state index < -0.39 is 47.6 Å².